The average molecular weight is 252 g/mol. The molecule has 0 saturated heterocycles. The van der Waals surface area contributed by atoms with Crippen molar-refractivity contribution in [2.75, 3.05) is 0 Å². The van der Waals surface area contributed by atoms with Crippen LogP contribution in [0.2, 0.25) is 0 Å². The van der Waals surface area contributed by atoms with E-state index in [1.54, 1.807) is 0 Å². The fourth-order valence-corrected chi connectivity index (χ4v) is 4.20. The maximum Gasteiger partial charge on any atom is 0.0676 e. The van der Waals surface area contributed by atoms with Crippen LogP contribution in [0.5, 0.6) is 0 Å². The topological polar surface area (TPSA) is 20.2 Å². The fraction of sp³-hybridized carbons (Fsp3) is 1.00. The van der Waals surface area contributed by atoms with Crippen molar-refractivity contribution in [3.05, 3.63) is 0 Å². The lowest BCUT2D eigenvalue weighted by Gasteiger charge is -2.43. The van der Waals surface area contributed by atoms with Gasteiger partial charge in [0.15, 0.2) is 0 Å². The molecule has 18 heavy (non-hydrogen) atoms. The molecule has 0 bridgehead atoms. The van der Waals surface area contributed by atoms with Gasteiger partial charge in [0.1, 0.15) is 0 Å². The summed E-state index contributed by atoms with van der Waals surface area (Å²) >= 11 is 0. The molecule has 0 amide bonds. The molecule has 0 spiro atoms. The van der Waals surface area contributed by atoms with Crippen LogP contribution in [0.1, 0.15) is 90.4 Å². The molecule has 2 aliphatic carbocycles. The molecule has 2 fully saturated rings. The molecule has 0 aromatic rings. The van der Waals surface area contributed by atoms with Crippen LogP contribution in [0.3, 0.4) is 0 Å². The van der Waals surface area contributed by atoms with E-state index in [9.17, 15) is 5.11 Å². The molecule has 106 valence electrons. The molecule has 0 aromatic carbocycles. The minimum atomic E-state index is -0.276. The van der Waals surface area contributed by atoms with Crippen molar-refractivity contribution in [3.8, 4) is 0 Å². The smallest absolute Gasteiger partial charge is 0.0676 e. The van der Waals surface area contributed by atoms with Gasteiger partial charge < -0.3 is 5.11 Å². The van der Waals surface area contributed by atoms with E-state index in [-0.39, 0.29) is 5.60 Å². The third-order valence-corrected chi connectivity index (χ3v) is 5.55. The summed E-state index contributed by atoms with van der Waals surface area (Å²) in [7, 11) is 0. The Bertz CT molecular complexity index is 222. The van der Waals surface area contributed by atoms with Gasteiger partial charge in [-0.25, -0.2) is 0 Å². The molecule has 0 atom stereocenters. The molecule has 1 N–H and O–H groups in total. The minimum absolute atomic E-state index is 0.276. The summed E-state index contributed by atoms with van der Waals surface area (Å²) in [4.78, 5) is 0. The van der Waals surface area contributed by atoms with E-state index in [2.05, 4.69) is 6.92 Å². The fourth-order valence-electron chi connectivity index (χ4n) is 4.20. The van der Waals surface area contributed by atoms with Crippen LogP contribution < -0.4 is 0 Å². The van der Waals surface area contributed by atoms with Gasteiger partial charge in [-0.2, -0.15) is 0 Å². The monoisotopic (exact) mass is 252 g/mol. The summed E-state index contributed by atoms with van der Waals surface area (Å²) in [6, 6.07) is 0. The molecule has 2 aliphatic rings. The second-order valence-electron chi connectivity index (χ2n) is 6.88. The van der Waals surface area contributed by atoms with Gasteiger partial charge in [0.05, 0.1) is 5.60 Å². The van der Waals surface area contributed by atoms with Gasteiger partial charge in [0.2, 0.25) is 0 Å². The van der Waals surface area contributed by atoms with Crippen LogP contribution in [0.15, 0.2) is 0 Å². The zero-order chi connectivity index (χ0) is 12.8. The Balaban J connectivity index is 1.74. The first-order chi connectivity index (χ1) is 8.74. The number of aliphatic hydroxyl groups is 1. The molecule has 2 saturated carbocycles. The highest BCUT2D eigenvalue weighted by Gasteiger charge is 2.39. The predicted molar refractivity (Wildman–Crippen MR) is 77.6 cm³/mol. The number of hydrogen-bond acceptors (Lipinski definition) is 1. The van der Waals surface area contributed by atoms with Crippen molar-refractivity contribution in [3.63, 3.8) is 0 Å². The highest BCUT2D eigenvalue weighted by molar-refractivity contribution is 4.92. The molecular weight excluding hydrogens is 220 g/mol. The predicted octanol–water partition coefficient (Wildman–Crippen LogP) is 5.07. The lowest BCUT2D eigenvalue weighted by molar-refractivity contribution is -0.0711. The summed E-state index contributed by atoms with van der Waals surface area (Å²) in [5.41, 5.74) is -0.276. The first-order valence-corrected chi connectivity index (χ1v) is 8.47. The van der Waals surface area contributed by atoms with Gasteiger partial charge in [-0.05, 0) is 50.4 Å². The van der Waals surface area contributed by atoms with Crippen molar-refractivity contribution in [2.24, 2.45) is 11.8 Å². The minimum Gasteiger partial charge on any atom is -0.390 e. The van der Waals surface area contributed by atoms with E-state index in [0.29, 0.717) is 5.92 Å². The van der Waals surface area contributed by atoms with E-state index in [0.717, 1.165) is 18.8 Å². The van der Waals surface area contributed by atoms with E-state index in [1.807, 2.05) is 0 Å². The van der Waals surface area contributed by atoms with Crippen LogP contribution in [0, 0.1) is 11.8 Å². The largest absolute Gasteiger partial charge is 0.390 e. The van der Waals surface area contributed by atoms with Gasteiger partial charge >= 0.3 is 0 Å². The highest BCUT2D eigenvalue weighted by atomic mass is 16.3. The van der Waals surface area contributed by atoms with Gasteiger partial charge in [-0.3, -0.25) is 0 Å². The van der Waals surface area contributed by atoms with Crippen molar-refractivity contribution in [1.82, 2.24) is 0 Å². The van der Waals surface area contributed by atoms with Crippen LogP contribution in [-0.2, 0) is 0 Å². The van der Waals surface area contributed by atoms with Gasteiger partial charge in [-0.15, -0.1) is 0 Å². The number of rotatable bonds is 5. The number of unbranched alkanes of at least 4 members (excludes halogenated alkanes) is 2. The maximum atomic E-state index is 10.9. The Labute approximate surface area is 113 Å². The normalized spacial score (nSPS) is 34.7. The van der Waals surface area contributed by atoms with E-state index in [1.165, 1.54) is 70.6 Å². The molecule has 0 heterocycles. The Kier molecular flexibility index (Phi) is 5.54. The summed E-state index contributed by atoms with van der Waals surface area (Å²) in [5.74, 6) is 1.54. The summed E-state index contributed by atoms with van der Waals surface area (Å²) < 4.78 is 0. The van der Waals surface area contributed by atoms with Gasteiger partial charge in [-0.1, -0.05) is 51.9 Å². The molecule has 0 unspecified atom stereocenters. The molecule has 2 rings (SSSR count). The van der Waals surface area contributed by atoms with E-state index < -0.39 is 0 Å². The van der Waals surface area contributed by atoms with Gasteiger partial charge in [0, 0.05) is 0 Å². The molecule has 1 heteroatoms. The summed E-state index contributed by atoms with van der Waals surface area (Å²) in [5, 5.41) is 10.9. The third kappa shape index (κ3) is 3.73. The van der Waals surface area contributed by atoms with Crippen molar-refractivity contribution >= 4 is 0 Å². The quantitative estimate of drug-likeness (QED) is 0.677. The second-order valence-corrected chi connectivity index (χ2v) is 6.88. The lowest BCUT2D eigenvalue weighted by atomic mass is 9.67. The molecule has 0 radical (unpaired) electrons. The zero-order valence-corrected chi connectivity index (χ0v) is 12.3. The number of hydrogen-bond donors (Lipinski definition) is 1. The molecular formula is C17H32O. The van der Waals surface area contributed by atoms with E-state index in [4.69, 9.17) is 0 Å². The van der Waals surface area contributed by atoms with Crippen LogP contribution in [-0.4, -0.2) is 10.7 Å². The van der Waals surface area contributed by atoms with Crippen molar-refractivity contribution in [2.45, 2.75) is 96.0 Å². The SMILES string of the molecule is CCCCC[C@H]1CC[C@](O)(C2CCCCC2)CC1. The zero-order valence-electron chi connectivity index (χ0n) is 12.3. The first-order valence-electron chi connectivity index (χ1n) is 8.47. The van der Waals surface area contributed by atoms with Crippen LogP contribution >= 0.6 is 0 Å². The van der Waals surface area contributed by atoms with Crippen molar-refractivity contribution in [1.29, 1.82) is 0 Å². The van der Waals surface area contributed by atoms with Crippen LogP contribution in [0.4, 0.5) is 0 Å². The Morgan fingerprint density at radius 1 is 0.944 bits per heavy atom. The van der Waals surface area contributed by atoms with Crippen LogP contribution in [0.25, 0.3) is 0 Å². The highest BCUT2D eigenvalue weighted by Crippen LogP contribution is 2.43. The Morgan fingerprint density at radius 3 is 2.22 bits per heavy atom. The maximum absolute atomic E-state index is 10.9. The van der Waals surface area contributed by atoms with E-state index >= 15 is 0 Å². The Hall–Kier alpha value is -0.0400. The first kappa shape index (κ1) is 14.4. The van der Waals surface area contributed by atoms with Crippen molar-refractivity contribution < 1.29 is 5.11 Å². The molecule has 1 nitrogen and oxygen atoms in total. The second kappa shape index (κ2) is 6.93. The van der Waals surface area contributed by atoms with Gasteiger partial charge in [0.25, 0.3) is 0 Å². The lowest BCUT2D eigenvalue weighted by Crippen LogP contribution is -2.42. The third-order valence-electron chi connectivity index (χ3n) is 5.55. The molecule has 0 aliphatic heterocycles. The average Bonchev–Trinajstić information content (AvgIpc) is 2.42. The summed E-state index contributed by atoms with van der Waals surface area (Å²) in [6.45, 7) is 2.28. The standard InChI is InChI=1S/C17H32O/c1-2-3-5-8-15-11-13-17(18,14-12-15)16-9-6-4-7-10-16/h15-16,18H,2-14H2,1H3/t15-,17+. The Morgan fingerprint density at radius 2 is 1.61 bits per heavy atom. The summed E-state index contributed by atoms with van der Waals surface area (Å²) in [6.07, 6.45) is 17.0. The molecule has 0 aromatic heterocycles.